The zero-order chi connectivity index (χ0) is 9.47. The van der Waals surface area contributed by atoms with Gasteiger partial charge in [0.05, 0.1) is 19.3 Å². The summed E-state index contributed by atoms with van der Waals surface area (Å²) in [5.74, 6) is 1.87. The monoisotopic (exact) mass is 184 g/mol. The van der Waals surface area contributed by atoms with E-state index in [0.717, 1.165) is 31.0 Å². The van der Waals surface area contributed by atoms with E-state index in [9.17, 15) is 5.11 Å². The molecule has 1 N–H and O–H groups in total. The van der Waals surface area contributed by atoms with Gasteiger partial charge < -0.3 is 14.6 Å². The average Bonchev–Trinajstić information content (AvgIpc) is 2.39. The van der Waals surface area contributed by atoms with Gasteiger partial charge in [0, 0.05) is 12.3 Å². The van der Waals surface area contributed by atoms with Crippen LogP contribution >= 0.6 is 0 Å². The van der Waals surface area contributed by atoms with Crippen LogP contribution in [0.5, 0.6) is 0 Å². The SMILES string of the molecule is COC1=C2OCCC[C@H]2[C@@](C)(O)C1. The molecular weight excluding hydrogens is 168 g/mol. The fourth-order valence-corrected chi connectivity index (χ4v) is 2.28. The maximum atomic E-state index is 10.1. The van der Waals surface area contributed by atoms with E-state index >= 15 is 0 Å². The molecule has 0 aromatic heterocycles. The molecule has 1 saturated heterocycles. The van der Waals surface area contributed by atoms with Gasteiger partial charge in [0.2, 0.25) is 0 Å². The van der Waals surface area contributed by atoms with Crippen LogP contribution in [0.25, 0.3) is 0 Å². The Morgan fingerprint density at radius 2 is 2.38 bits per heavy atom. The highest BCUT2D eigenvalue weighted by Gasteiger charge is 2.46. The molecule has 0 spiro atoms. The fourth-order valence-electron chi connectivity index (χ4n) is 2.28. The molecule has 1 fully saturated rings. The molecule has 0 saturated carbocycles. The summed E-state index contributed by atoms with van der Waals surface area (Å²) in [5.41, 5.74) is -0.666. The molecule has 0 aromatic carbocycles. The van der Waals surface area contributed by atoms with Crippen LogP contribution in [-0.2, 0) is 9.47 Å². The molecule has 1 aliphatic heterocycles. The van der Waals surface area contributed by atoms with Crippen molar-refractivity contribution in [2.45, 2.75) is 31.8 Å². The molecule has 0 bridgehead atoms. The van der Waals surface area contributed by atoms with Crippen LogP contribution in [0, 0.1) is 5.92 Å². The summed E-state index contributed by atoms with van der Waals surface area (Å²) in [4.78, 5) is 0. The first-order valence-electron chi connectivity index (χ1n) is 4.77. The van der Waals surface area contributed by atoms with Crippen molar-refractivity contribution >= 4 is 0 Å². The Morgan fingerprint density at radius 3 is 3.08 bits per heavy atom. The predicted molar refractivity (Wildman–Crippen MR) is 48.0 cm³/mol. The maximum absolute atomic E-state index is 10.1. The van der Waals surface area contributed by atoms with Crippen molar-refractivity contribution in [3.05, 3.63) is 11.5 Å². The molecule has 74 valence electrons. The summed E-state index contributed by atoms with van der Waals surface area (Å²) in [6.45, 7) is 2.62. The normalized spacial score (nSPS) is 38.5. The van der Waals surface area contributed by atoms with Gasteiger partial charge in [-0.1, -0.05) is 0 Å². The lowest BCUT2D eigenvalue weighted by Gasteiger charge is -2.30. The molecule has 2 rings (SSSR count). The highest BCUT2D eigenvalue weighted by Crippen LogP contribution is 2.45. The third kappa shape index (κ3) is 1.31. The first-order valence-corrected chi connectivity index (χ1v) is 4.77. The van der Waals surface area contributed by atoms with Crippen LogP contribution in [-0.4, -0.2) is 24.4 Å². The Bertz CT molecular complexity index is 243. The van der Waals surface area contributed by atoms with E-state index in [0.29, 0.717) is 6.42 Å². The summed E-state index contributed by atoms with van der Waals surface area (Å²) in [5, 5.41) is 10.1. The molecule has 2 atom stereocenters. The third-order valence-corrected chi connectivity index (χ3v) is 3.00. The van der Waals surface area contributed by atoms with Gasteiger partial charge in [-0.25, -0.2) is 0 Å². The molecular formula is C10H16O3. The van der Waals surface area contributed by atoms with E-state index in [1.165, 1.54) is 0 Å². The van der Waals surface area contributed by atoms with Crippen molar-refractivity contribution in [1.29, 1.82) is 0 Å². The fraction of sp³-hybridized carbons (Fsp3) is 0.800. The zero-order valence-corrected chi connectivity index (χ0v) is 8.17. The maximum Gasteiger partial charge on any atom is 0.140 e. The second kappa shape index (κ2) is 2.91. The smallest absolute Gasteiger partial charge is 0.140 e. The Kier molecular flexibility index (Phi) is 1.99. The van der Waals surface area contributed by atoms with E-state index in [-0.39, 0.29) is 5.92 Å². The van der Waals surface area contributed by atoms with Crippen LogP contribution < -0.4 is 0 Å². The summed E-state index contributed by atoms with van der Waals surface area (Å²) < 4.78 is 10.7. The van der Waals surface area contributed by atoms with Crippen LogP contribution in [0.15, 0.2) is 11.5 Å². The van der Waals surface area contributed by atoms with Gasteiger partial charge in [0.1, 0.15) is 11.5 Å². The second-order valence-electron chi connectivity index (χ2n) is 4.07. The van der Waals surface area contributed by atoms with Crippen molar-refractivity contribution in [1.82, 2.24) is 0 Å². The van der Waals surface area contributed by atoms with E-state index in [2.05, 4.69) is 0 Å². The molecule has 0 amide bonds. The largest absolute Gasteiger partial charge is 0.497 e. The first kappa shape index (κ1) is 8.88. The second-order valence-corrected chi connectivity index (χ2v) is 4.07. The van der Waals surface area contributed by atoms with E-state index in [1.807, 2.05) is 6.92 Å². The minimum Gasteiger partial charge on any atom is -0.497 e. The molecule has 0 unspecified atom stereocenters. The molecule has 1 aliphatic carbocycles. The summed E-state index contributed by atoms with van der Waals surface area (Å²) in [6.07, 6.45) is 2.63. The Labute approximate surface area is 78.3 Å². The van der Waals surface area contributed by atoms with Gasteiger partial charge in [-0.2, -0.15) is 0 Å². The lowest BCUT2D eigenvalue weighted by molar-refractivity contribution is -0.0137. The van der Waals surface area contributed by atoms with Crippen LogP contribution in [0.3, 0.4) is 0 Å². The Morgan fingerprint density at radius 1 is 1.62 bits per heavy atom. The van der Waals surface area contributed by atoms with Crippen LogP contribution in [0.2, 0.25) is 0 Å². The zero-order valence-electron chi connectivity index (χ0n) is 8.17. The van der Waals surface area contributed by atoms with Crippen molar-refractivity contribution in [2.75, 3.05) is 13.7 Å². The Balaban J connectivity index is 2.27. The van der Waals surface area contributed by atoms with Crippen LogP contribution in [0.4, 0.5) is 0 Å². The molecule has 3 heteroatoms. The first-order chi connectivity index (χ1) is 6.15. The number of hydrogen-bond donors (Lipinski definition) is 1. The number of fused-ring (bicyclic) bond motifs is 1. The summed E-state index contributed by atoms with van der Waals surface area (Å²) in [6, 6.07) is 0. The van der Waals surface area contributed by atoms with Gasteiger partial charge in [-0.3, -0.25) is 0 Å². The van der Waals surface area contributed by atoms with Crippen LogP contribution in [0.1, 0.15) is 26.2 Å². The quantitative estimate of drug-likeness (QED) is 0.670. The van der Waals surface area contributed by atoms with Gasteiger partial charge in [-0.15, -0.1) is 0 Å². The molecule has 2 aliphatic rings. The predicted octanol–water partition coefficient (Wildman–Crippen LogP) is 1.43. The lowest BCUT2D eigenvalue weighted by Crippen LogP contribution is -2.33. The number of hydrogen-bond acceptors (Lipinski definition) is 3. The van der Waals surface area contributed by atoms with E-state index in [1.54, 1.807) is 7.11 Å². The number of methoxy groups -OCH3 is 1. The summed E-state index contributed by atoms with van der Waals surface area (Å²) >= 11 is 0. The van der Waals surface area contributed by atoms with Gasteiger partial charge >= 0.3 is 0 Å². The molecule has 0 radical (unpaired) electrons. The number of ether oxygens (including phenoxy) is 2. The minimum absolute atomic E-state index is 0.149. The van der Waals surface area contributed by atoms with Gasteiger partial charge in [-0.05, 0) is 19.8 Å². The standard InChI is InChI=1S/C10H16O3/c1-10(11)6-8(12-2)9-7(10)4-3-5-13-9/h7,11H,3-6H2,1-2H3/t7-,10+/m1/s1. The average molecular weight is 184 g/mol. The van der Waals surface area contributed by atoms with Crippen molar-refractivity contribution in [3.63, 3.8) is 0 Å². The molecule has 3 nitrogen and oxygen atoms in total. The Hall–Kier alpha value is -0.700. The minimum atomic E-state index is -0.666. The van der Waals surface area contributed by atoms with Crippen molar-refractivity contribution in [3.8, 4) is 0 Å². The van der Waals surface area contributed by atoms with E-state index < -0.39 is 5.60 Å². The highest BCUT2D eigenvalue weighted by molar-refractivity contribution is 5.21. The topological polar surface area (TPSA) is 38.7 Å². The lowest BCUT2D eigenvalue weighted by atomic mass is 9.87. The molecule has 1 heterocycles. The summed E-state index contributed by atoms with van der Waals surface area (Å²) in [7, 11) is 1.64. The van der Waals surface area contributed by atoms with Gasteiger partial charge in [0.15, 0.2) is 0 Å². The third-order valence-electron chi connectivity index (χ3n) is 3.00. The number of rotatable bonds is 1. The van der Waals surface area contributed by atoms with E-state index in [4.69, 9.17) is 9.47 Å². The van der Waals surface area contributed by atoms with Gasteiger partial charge in [0.25, 0.3) is 0 Å². The van der Waals surface area contributed by atoms with Crippen molar-refractivity contribution in [2.24, 2.45) is 5.92 Å². The molecule has 13 heavy (non-hydrogen) atoms. The van der Waals surface area contributed by atoms with Crippen molar-refractivity contribution < 1.29 is 14.6 Å². The number of aliphatic hydroxyl groups is 1. The molecule has 0 aromatic rings. The highest BCUT2D eigenvalue weighted by atomic mass is 16.5.